The van der Waals surface area contributed by atoms with E-state index in [0.29, 0.717) is 6.54 Å². The van der Waals surface area contributed by atoms with Crippen LogP contribution in [-0.4, -0.2) is 22.4 Å². The van der Waals surface area contributed by atoms with Gasteiger partial charge in [0.25, 0.3) is 11.6 Å². The summed E-state index contributed by atoms with van der Waals surface area (Å²) in [6, 6.07) is 1.19. The molecule has 0 aromatic carbocycles. The van der Waals surface area contributed by atoms with Crippen molar-refractivity contribution in [1.82, 2.24) is 10.3 Å². The fourth-order valence-corrected chi connectivity index (χ4v) is 1.35. The molecule has 1 amide bonds. The van der Waals surface area contributed by atoms with Crippen LogP contribution in [0.5, 0.6) is 0 Å². The van der Waals surface area contributed by atoms with Gasteiger partial charge in [-0.1, -0.05) is 32.4 Å². The van der Waals surface area contributed by atoms with E-state index in [-0.39, 0.29) is 21.8 Å². The Balaban J connectivity index is 2.97. The second-order valence-corrected chi connectivity index (χ2v) is 5.41. The van der Waals surface area contributed by atoms with Crippen LogP contribution in [0.25, 0.3) is 0 Å². The highest BCUT2D eigenvalue weighted by molar-refractivity contribution is 6.29. The molecular formula is C11H14ClN3O3. The Morgan fingerprint density at radius 3 is 2.67 bits per heavy atom. The highest BCUT2D eigenvalue weighted by Gasteiger charge is 2.22. The first-order valence-corrected chi connectivity index (χ1v) is 5.66. The topological polar surface area (TPSA) is 85.1 Å². The summed E-state index contributed by atoms with van der Waals surface area (Å²) in [5.74, 6) is -0.527. The SMILES string of the molecule is CC(C)(C)CNC(=O)c1cc(Cl)ncc1[N+](=O)[O-]. The summed E-state index contributed by atoms with van der Waals surface area (Å²) in [4.78, 5) is 25.6. The van der Waals surface area contributed by atoms with E-state index in [4.69, 9.17) is 11.6 Å². The Morgan fingerprint density at radius 2 is 2.17 bits per heavy atom. The molecule has 98 valence electrons. The Morgan fingerprint density at radius 1 is 1.56 bits per heavy atom. The first-order valence-electron chi connectivity index (χ1n) is 5.29. The van der Waals surface area contributed by atoms with E-state index in [1.807, 2.05) is 20.8 Å². The summed E-state index contributed by atoms with van der Waals surface area (Å²) in [7, 11) is 0. The predicted molar refractivity (Wildman–Crippen MR) is 67.7 cm³/mol. The average Bonchev–Trinajstić information content (AvgIpc) is 2.24. The van der Waals surface area contributed by atoms with Gasteiger partial charge in [0.1, 0.15) is 16.9 Å². The lowest BCUT2D eigenvalue weighted by Crippen LogP contribution is -2.32. The molecule has 6 nitrogen and oxygen atoms in total. The first kappa shape index (κ1) is 14.4. The van der Waals surface area contributed by atoms with Gasteiger partial charge in [-0.3, -0.25) is 14.9 Å². The summed E-state index contributed by atoms with van der Waals surface area (Å²) >= 11 is 5.64. The molecule has 0 saturated carbocycles. The number of carbonyl (C=O) groups is 1. The van der Waals surface area contributed by atoms with Crippen LogP contribution in [0.15, 0.2) is 12.3 Å². The number of rotatable bonds is 3. The van der Waals surface area contributed by atoms with E-state index < -0.39 is 10.8 Å². The fourth-order valence-electron chi connectivity index (χ4n) is 1.19. The third-order valence-corrected chi connectivity index (χ3v) is 2.28. The lowest BCUT2D eigenvalue weighted by atomic mass is 9.97. The van der Waals surface area contributed by atoms with Gasteiger partial charge in [0.2, 0.25) is 0 Å². The molecule has 0 atom stereocenters. The van der Waals surface area contributed by atoms with Crippen LogP contribution in [0.1, 0.15) is 31.1 Å². The molecule has 1 aromatic rings. The number of amides is 1. The number of hydrogen-bond acceptors (Lipinski definition) is 4. The van der Waals surface area contributed by atoms with Crippen molar-refractivity contribution in [3.8, 4) is 0 Å². The second-order valence-electron chi connectivity index (χ2n) is 5.02. The first-order chi connectivity index (χ1) is 8.20. The summed E-state index contributed by atoms with van der Waals surface area (Å²) in [6.45, 7) is 6.24. The predicted octanol–water partition coefficient (Wildman–Crippen LogP) is 2.42. The van der Waals surface area contributed by atoms with Crippen molar-refractivity contribution in [3.63, 3.8) is 0 Å². The molecule has 1 aromatic heterocycles. The van der Waals surface area contributed by atoms with Gasteiger partial charge in [-0.05, 0) is 11.5 Å². The second kappa shape index (κ2) is 5.30. The largest absolute Gasteiger partial charge is 0.351 e. The lowest BCUT2D eigenvalue weighted by Gasteiger charge is -2.18. The number of carbonyl (C=O) groups excluding carboxylic acids is 1. The molecular weight excluding hydrogens is 258 g/mol. The maximum Gasteiger partial charge on any atom is 0.300 e. The van der Waals surface area contributed by atoms with Gasteiger partial charge in [-0.15, -0.1) is 0 Å². The zero-order valence-corrected chi connectivity index (χ0v) is 11.1. The Labute approximate surface area is 110 Å². The minimum atomic E-state index is -0.657. The molecule has 1 N–H and O–H groups in total. The maximum atomic E-state index is 11.9. The molecule has 0 spiro atoms. The Bertz CT molecular complexity index is 483. The van der Waals surface area contributed by atoms with E-state index in [1.54, 1.807) is 0 Å². The summed E-state index contributed by atoms with van der Waals surface area (Å²) in [5.41, 5.74) is -0.545. The van der Waals surface area contributed by atoms with Crippen molar-refractivity contribution < 1.29 is 9.72 Å². The van der Waals surface area contributed by atoms with Gasteiger partial charge in [-0.2, -0.15) is 0 Å². The minimum absolute atomic E-state index is 0.0431. The molecule has 7 heteroatoms. The summed E-state index contributed by atoms with van der Waals surface area (Å²) in [6.07, 6.45) is 0.980. The number of hydrogen-bond donors (Lipinski definition) is 1. The molecule has 0 saturated heterocycles. The van der Waals surface area contributed by atoms with Crippen molar-refractivity contribution in [1.29, 1.82) is 0 Å². The number of nitrogens with one attached hydrogen (secondary N) is 1. The minimum Gasteiger partial charge on any atom is -0.351 e. The molecule has 0 bridgehead atoms. The van der Waals surface area contributed by atoms with Crippen LogP contribution >= 0.6 is 11.6 Å². The zero-order chi connectivity index (χ0) is 13.9. The van der Waals surface area contributed by atoms with Crippen molar-refractivity contribution in [3.05, 3.63) is 33.1 Å². The number of nitro groups is 1. The molecule has 0 unspecified atom stereocenters. The van der Waals surface area contributed by atoms with Gasteiger partial charge >= 0.3 is 0 Å². The molecule has 0 aliphatic rings. The van der Waals surface area contributed by atoms with Crippen LogP contribution in [-0.2, 0) is 0 Å². The quantitative estimate of drug-likeness (QED) is 0.520. The number of pyridine rings is 1. The van der Waals surface area contributed by atoms with Crippen LogP contribution < -0.4 is 5.32 Å². The van der Waals surface area contributed by atoms with Gasteiger partial charge in [0, 0.05) is 6.54 Å². The summed E-state index contributed by atoms with van der Waals surface area (Å²) < 4.78 is 0. The molecule has 0 fully saturated rings. The van der Waals surface area contributed by atoms with Gasteiger partial charge in [0.15, 0.2) is 0 Å². The standard InChI is InChI=1S/C11H14ClN3O3/c1-11(2,3)6-14-10(16)7-4-9(12)13-5-8(7)15(17)18/h4-5H,6H2,1-3H3,(H,14,16). The van der Waals surface area contributed by atoms with Crippen molar-refractivity contribution in [2.24, 2.45) is 5.41 Å². The van der Waals surface area contributed by atoms with Crippen molar-refractivity contribution in [2.75, 3.05) is 6.54 Å². The summed E-state index contributed by atoms with van der Waals surface area (Å²) in [5, 5.41) is 13.5. The van der Waals surface area contributed by atoms with Crippen LogP contribution in [0.3, 0.4) is 0 Å². The van der Waals surface area contributed by atoms with Crippen LogP contribution in [0, 0.1) is 15.5 Å². The highest BCUT2D eigenvalue weighted by Crippen LogP contribution is 2.20. The smallest absolute Gasteiger partial charge is 0.300 e. The normalized spacial score (nSPS) is 11.1. The van der Waals surface area contributed by atoms with E-state index in [0.717, 1.165) is 6.20 Å². The third kappa shape index (κ3) is 3.96. The van der Waals surface area contributed by atoms with Crippen LogP contribution in [0.2, 0.25) is 5.15 Å². The molecule has 0 aliphatic carbocycles. The fraction of sp³-hybridized carbons (Fsp3) is 0.455. The lowest BCUT2D eigenvalue weighted by molar-refractivity contribution is -0.385. The van der Waals surface area contributed by atoms with Crippen molar-refractivity contribution in [2.45, 2.75) is 20.8 Å². The zero-order valence-electron chi connectivity index (χ0n) is 10.4. The Kier molecular flexibility index (Phi) is 4.24. The van der Waals surface area contributed by atoms with E-state index in [1.165, 1.54) is 6.07 Å². The number of halogens is 1. The Hall–Kier alpha value is -1.69. The van der Waals surface area contributed by atoms with Crippen LogP contribution in [0.4, 0.5) is 5.69 Å². The third-order valence-electron chi connectivity index (χ3n) is 2.07. The number of aromatic nitrogens is 1. The average molecular weight is 272 g/mol. The molecule has 0 radical (unpaired) electrons. The van der Waals surface area contributed by atoms with E-state index in [2.05, 4.69) is 10.3 Å². The van der Waals surface area contributed by atoms with E-state index >= 15 is 0 Å². The van der Waals surface area contributed by atoms with Gasteiger partial charge in [-0.25, -0.2) is 4.98 Å². The maximum absolute atomic E-state index is 11.9. The highest BCUT2D eigenvalue weighted by atomic mass is 35.5. The molecule has 0 aliphatic heterocycles. The van der Waals surface area contributed by atoms with Gasteiger partial charge < -0.3 is 5.32 Å². The molecule has 18 heavy (non-hydrogen) atoms. The van der Waals surface area contributed by atoms with Gasteiger partial charge in [0.05, 0.1) is 4.92 Å². The molecule has 1 heterocycles. The number of nitrogens with zero attached hydrogens (tertiary/aromatic N) is 2. The van der Waals surface area contributed by atoms with Crippen molar-refractivity contribution >= 4 is 23.2 Å². The molecule has 1 rings (SSSR count). The monoisotopic (exact) mass is 271 g/mol. The van der Waals surface area contributed by atoms with E-state index in [9.17, 15) is 14.9 Å².